The maximum Gasteiger partial charge on any atom is 0.0739 e. The van der Waals surface area contributed by atoms with E-state index >= 15 is 0 Å². The lowest BCUT2D eigenvalue weighted by molar-refractivity contribution is -0.0962. The molecule has 0 heterocycles. The first-order valence-corrected chi connectivity index (χ1v) is 15.5. The fourth-order valence-corrected chi connectivity index (χ4v) is 10.3. The highest BCUT2D eigenvalue weighted by molar-refractivity contribution is 14.1. The SMILES string of the molecule is COC(C)(C)C(I)CC[C@@H](C)C1CCC2(C)C3=C(CCC12C)C1(C)CCC(O)C(C)(C)C1CC3. The molecule has 0 aromatic carbocycles. The molecule has 0 aromatic rings. The summed E-state index contributed by atoms with van der Waals surface area (Å²) in [6.07, 6.45) is 12.6. The van der Waals surface area contributed by atoms with Gasteiger partial charge in [-0.05, 0) is 117 Å². The molecule has 7 unspecified atom stereocenters. The number of aliphatic hydroxyl groups is 1. The third kappa shape index (κ3) is 3.91. The molecule has 0 aliphatic heterocycles. The molecule has 0 radical (unpaired) electrons. The summed E-state index contributed by atoms with van der Waals surface area (Å²) in [6, 6.07) is 0. The van der Waals surface area contributed by atoms with Crippen LogP contribution in [0.25, 0.3) is 0 Å². The summed E-state index contributed by atoms with van der Waals surface area (Å²) >= 11 is 2.62. The molecule has 4 aliphatic rings. The van der Waals surface area contributed by atoms with Crippen molar-refractivity contribution in [2.45, 2.75) is 135 Å². The number of ether oxygens (including phenoxy) is 1. The van der Waals surface area contributed by atoms with Crippen LogP contribution in [0.3, 0.4) is 0 Å². The molecular formula is C31H53IO2. The van der Waals surface area contributed by atoms with Crippen LogP contribution in [-0.4, -0.2) is 27.8 Å². The van der Waals surface area contributed by atoms with Crippen molar-refractivity contribution in [1.82, 2.24) is 0 Å². The molecule has 0 bridgehead atoms. The van der Waals surface area contributed by atoms with Gasteiger partial charge in [0.05, 0.1) is 11.7 Å². The Bertz CT molecular complexity index is 814. The van der Waals surface area contributed by atoms with E-state index in [1.54, 1.807) is 0 Å². The molecule has 196 valence electrons. The summed E-state index contributed by atoms with van der Waals surface area (Å²) < 4.78 is 6.34. The molecule has 2 saturated carbocycles. The summed E-state index contributed by atoms with van der Waals surface area (Å²) in [5.74, 6) is 2.22. The van der Waals surface area contributed by atoms with Crippen LogP contribution in [0, 0.1) is 39.4 Å². The van der Waals surface area contributed by atoms with Crippen molar-refractivity contribution in [3.8, 4) is 0 Å². The minimum absolute atomic E-state index is 0.0336. The average Bonchev–Trinajstić information content (AvgIpc) is 3.06. The summed E-state index contributed by atoms with van der Waals surface area (Å²) in [7, 11) is 1.86. The van der Waals surface area contributed by atoms with Crippen LogP contribution in [-0.2, 0) is 4.74 Å². The number of allylic oxidation sites excluding steroid dienone is 2. The second-order valence-corrected chi connectivity index (χ2v) is 16.1. The van der Waals surface area contributed by atoms with E-state index in [2.05, 4.69) is 78.0 Å². The van der Waals surface area contributed by atoms with Gasteiger partial charge < -0.3 is 9.84 Å². The first kappa shape index (κ1) is 27.4. The fraction of sp³-hybridized carbons (Fsp3) is 0.935. The van der Waals surface area contributed by atoms with Gasteiger partial charge >= 0.3 is 0 Å². The molecule has 1 N–H and O–H groups in total. The highest BCUT2D eigenvalue weighted by Crippen LogP contribution is 2.72. The Morgan fingerprint density at radius 1 is 0.971 bits per heavy atom. The molecule has 2 fully saturated rings. The largest absolute Gasteiger partial charge is 0.393 e. The molecule has 0 saturated heterocycles. The van der Waals surface area contributed by atoms with Crippen LogP contribution in [0.5, 0.6) is 0 Å². The number of fused-ring (bicyclic) bond motifs is 4. The lowest BCUT2D eigenvalue weighted by Crippen LogP contribution is -2.55. The molecule has 4 aliphatic carbocycles. The predicted molar refractivity (Wildman–Crippen MR) is 152 cm³/mol. The Hall–Kier alpha value is 0.390. The van der Waals surface area contributed by atoms with Gasteiger partial charge in [0.25, 0.3) is 0 Å². The number of halogens is 1. The van der Waals surface area contributed by atoms with Crippen LogP contribution in [0.2, 0.25) is 0 Å². The van der Waals surface area contributed by atoms with E-state index in [-0.39, 0.29) is 17.1 Å². The molecule has 34 heavy (non-hydrogen) atoms. The molecule has 4 rings (SSSR count). The van der Waals surface area contributed by atoms with Gasteiger partial charge in [-0.15, -0.1) is 0 Å². The van der Waals surface area contributed by atoms with Gasteiger partial charge in [0.2, 0.25) is 0 Å². The van der Waals surface area contributed by atoms with Crippen LogP contribution in [0.15, 0.2) is 11.1 Å². The second kappa shape index (κ2) is 9.00. The highest BCUT2D eigenvalue weighted by atomic mass is 127. The first-order valence-electron chi connectivity index (χ1n) is 14.3. The Labute approximate surface area is 224 Å². The van der Waals surface area contributed by atoms with Crippen molar-refractivity contribution >= 4 is 22.6 Å². The average molecular weight is 585 g/mol. The minimum Gasteiger partial charge on any atom is -0.393 e. The summed E-state index contributed by atoms with van der Waals surface area (Å²) in [5.41, 5.74) is 4.78. The van der Waals surface area contributed by atoms with Crippen molar-refractivity contribution in [2.75, 3.05) is 7.11 Å². The van der Waals surface area contributed by atoms with Crippen molar-refractivity contribution in [3.63, 3.8) is 0 Å². The van der Waals surface area contributed by atoms with Gasteiger partial charge in [-0.2, -0.15) is 0 Å². The van der Waals surface area contributed by atoms with E-state index in [0.717, 1.165) is 18.3 Å². The smallest absolute Gasteiger partial charge is 0.0739 e. The molecule has 0 amide bonds. The van der Waals surface area contributed by atoms with Crippen molar-refractivity contribution in [3.05, 3.63) is 11.1 Å². The Morgan fingerprint density at radius 2 is 1.65 bits per heavy atom. The molecule has 0 spiro atoms. The van der Waals surface area contributed by atoms with Gasteiger partial charge in [-0.1, -0.05) is 75.3 Å². The lowest BCUT2D eigenvalue weighted by Gasteiger charge is -2.62. The van der Waals surface area contributed by atoms with E-state index in [9.17, 15) is 5.11 Å². The number of methoxy groups -OCH3 is 1. The number of alkyl halides is 1. The number of aliphatic hydroxyl groups excluding tert-OH is 1. The van der Waals surface area contributed by atoms with E-state index in [1.807, 2.05) is 18.3 Å². The first-order chi connectivity index (χ1) is 15.6. The highest BCUT2D eigenvalue weighted by Gasteiger charge is 2.63. The van der Waals surface area contributed by atoms with E-state index < -0.39 is 0 Å². The van der Waals surface area contributed by atoms with Crippen molar-refractivity contribution in [2.24, 2.45) is 39.4 Å². The number of hydrogen-bond donors (Lipinski definition) is 1. The van der Waals surface area contributed by atoms with Crippen LogP contribution in [0.4, 0.5) is 0 Å². The lowest BCUT2D eigenvalue weighted by atomic mass is 9.43. The fourth-order valence-electron chi connectivity index (χ4n) is 9.71. The van der Waals surface area contributed by atoms with Crippen molar-refractivity contribution in [1.29, 1.82) is 0 Å². The summed E-state index contributed by atoms with van der Waals surface area (Å²) in [6.45, 7) is 19.6. The third-order valence-electron chi connectivity index (χ3n) is 12.6. The van der Waals surface area contributed by atoms with Gasteiger partial charge in [-0.3, -0.25) is 0 Å². The van der Waals surface area contributed by atoms with Crippen LogP contribution in [0.1, 0.15) is 120 Å². The zero-order chi connectivity index (χ0) is 25.3. The molecule has 0 aromatic heterocycles. The van der Waals surface area contributed by atoms with E-state index in [1.165, 1.54) is 57.8 Å². The van der Waals surface area contributed by atoms with Gasteiger partial charge in [0.15, 0.2) is 0 Å². The summed E-state index contributed by atoms with van der Waals surface area (Å²) in [4.78, 5) is 0. The second-order valence-electron chi connectivity index (χ2n) is 14.6. The topological polar surface area (TPSA) is 29.5 Å². The van der Waals surface area contributed by atoms with Gasteiger partial charge in [0.1, 0.15) is 0 Å². The van der Waals surface area contributed by atoms with Crippen molar-refractivity contribution < 1.29 is 9.84 Å². The molecule has 2 nitrogen and oxygen atoms in total. The predicted octanol–water partition coefficient (Wildman–Crippen LogP) is 8.74. The van der Waals surface area contributed by atoms with Crippen LogP contribution >= 0.6 is 22.6 Å². The maximum absolute atomic E-state index is 10.9. The molecular weight excluding hydrogens is 531 g/mol. The van der Waals surface area contributed by atoms with Crippen LogP contribution < -0.4 is 0 Å². The van der Waals surface area contributed by atoms with E-state index in [4.69, 9.17) is 4.74 Å². The Balaban J connectivity index is 1.58. The van der Waals surface area contributed by atoms with Gasteiger partial charge in [0, 0.05) is 11.0 Å². The Kier molecular flexibility index (Phi) is 7.26. The third-order valence-corrected chi connectivity index (χ3v) is 14.8. The monoisotopic (exact) mass is 584 g/mol. The zero-order valence-corrected chi connectivity index (χ0v) is 25.8. The molecule has 3 heteroatoms. The number of rotatable bonds is 6. The standard InChI is InChI=1S/C31H53IO2/c1-20(10-13-25(32)28(4,5)34-9)21-14-18-31(8)23-11-12-24-27(2,3)26(33)16-17-29(24,6)22(23)15-19-30(21,31)7/h20-21,24-26,33H,10-19H2,1-9H3/t20-,21?,24?,25?,26?,29?,30?,31?/m1/s1. The zero-order valence-electron chi connectivity index (χ0n) is 23.7. The normalized spacial score (nSPS) is 43.7. The summed E-state index contributed by atoms with van der Waals surface area (Å²) in [5, 5.41) is 10.9. The minimum atomic E-state index is -0.140. The van der Waals surface area contributed by atoms with Gasteiger partial charge in [-0.25, -0.2) is 0 Å². The molecule has 8 atom stereocenters. The van der Waals surface area contributed by atoms with E-state index in [0.29, 0.717) is 26.1 Å². The Morgan fingerprint density at radius 3 is 2.29 bits per heavy atom. The number of hydrogen-bond acceptors (Lipinski definition) is 2. The maximum atomic E-state index is 10.9. The quantitative estimate of drug-likeness (QED) is 0.192.